The van der Waals surface area contributed by atoms with Crippen molar-refractivity contribution in [2.75, 3.05) is 6.61 Å². The van der Waals surface area contributed by atoms with Crippen LogP contribution in [-0.2, 0) is 9.53 Å². The number of para-hydroxylation sites is 1. The van der Waals surface area contributed by atoms with Crippen molar-refractivity contribution >= 4 is 5.78 Å². The topological polar surface area (TPSA) is 85.3 Å². The largest absolute Gasteiger partial charge is 0.494 e. The highest BCUT2D eigenvalue weighted by atomic mass is 16.5. The number of allylic oxidation sites excluding steroid dienone is 3. The van der Waals surface area contributed by atoms with Gasteiger partial charge in [-0.2, -0.15) is 5.26 Å². The predicted molar refractivity (Wildman–Crippen MR) is 93.3 cm³/mol. The van der Waals surface area contributed by atoms with Crippen LogP contribution < -0.4 is 10.5 Å². The Bertz CT molecular complexity index is 828. The van der Waals surface area contributed by atoms with Gasteiger partial charge in [0, 0.05) is 24.0 Å². The maximum atomic E-state index is 12.9. The van der Waals surface area contributed by atoms with Gasteiger partial charge in [-0.15, -0.1) is 0 Å². The second kappa shape index (κ2) is 6.29. The first-order valence-corrected chi connectivity index (χ1v) is 8.43. The van der Waals surface area contributed by atoms with Crippen LogP contribution in [0.4, 0.5) is 0 Å². The van der Waals surface area contributed by atoms with E-state index in [1.807, 2.05) is 45.0 Å². The molecule has 0 fully saturated rings. The first-order chi connectivity index (χ1) is 11.9. The van der Waals surface area contributed by atoms with E-state index >= 15 is 0 Å². The molecule has 1 aromatic rings. The summed E-state index contributed by atoms with van der Waals surface area (Å²) in [5, 5.41) is 9.65. The molecular weight excluding hydrogens is 316 g/mol. The highest BCUT2D eigenvalue weighted by Crippen LogP contribution is 2.49. The van der Waals surface area contributed by atoms with E-state index in [1.165, 1.54) is 0 Å². The average Bonchev–Trinajstić information content (AvgIpc) is 2.53. The SMILES string of the molecule is CCOc1ccccc1[C@H]1C(C#N)=C(N)OC2=C1C(=O)CC(C)(C)C2. The Morgan fingerprint density at radius 1 is 1.36 bits per heavy atom. The van der Waals surface area contributed by atoms with E-state index in [1.54, 1.807) is 0 Å². The van der Waals surface area contributed by atoms with Crippen molar-refractivity contribution in [3.05, 3.63) is 52.6 Å². The number of carbonyl (C=O) groups excluding carboxylic acids is 1. The number of ketones is 1. The number of nitrogens with two attached hydrogens (primary N) is 1. The van der Waals surface area contributed by atoms with Crippen LogP contribution in [0.25, 0.3) is 0 Å². The molecule has 5 heteroatoms. The summed E-state index contributed by atoms with van der Waals surface area (Å²) in [4.78, 5) is 12.9. The van der Waals surface area contributed by atoms with Gasteiger partial charge in [0.05, 0.1) is 12.5 Å². The maximum Gasteiger partial charge on any atom is 0.205 e. The van der Waals surface area contributed by atoms with Crippen LogP contribution in [0.3, 0.4) is 0 Å². The van der Waals surface area contributed by atoms with Gasteiger partial charge in [0.15, 0.2) is 5.78 Å². The van der Waals surface area contributed by atoms with E-state index in [0.717, 1.165) is 5.56 Å². The number of nitriles is 1. The first kappa shape index (κ1) is 17.1. The molecule has 0 aromatic heterocycles. The normalized spacial score (nSPS) is 22.2. The van der Waals surface area contributed by atoms with Gasteiger partial charge in [0.2, 0.25) is 5.88 Å². The second-order valence-corrected chi connectivity index (χ2v) is 7.17. The molecule has 0 unspecified atom stereocenters. The van der Waals surface area contributed by atoms with E-state index in [-0.39, 0.29) is 22.7 Å². The lowest BCUT2D eigenvalue weighted by molar-refractivity contribution is -0.119. The van der Waals surface area contributed by atoms with Crippen molar-refractivity contribution in [1.82, 2.24) is 0 Å². The van der Waals surface area contributed by atoms with Crippen LogP contribution >= 0.6 is 0 Å². The van der Waals surface area contributed by atoms with Gasteiger partial charge >= 0.3 is 0 Å². The Morgan fingerprint density at radius 3 is 2.76 bits per heavy atom. The average molecular weight is 338 g/mol. The third kappa shape index (κ3) is 3.00. The Balaban J connectivity index is 2.20. The molecule has 3 rings (SSSR count). The molecule has 2 N–H and O–H groups in total. The smallest absolute Gasteiger partial charge is 0.205 e. The number of ether oxygens (including phenoxy) is 2. The summed E-state index contributed by atoms with van der Waals surface area (Å²) >= 11 is 0. The van der Waals surface area contributed by atoms with Gasteiger partial charge in [0.25, 0.3) is 0 Å². The zero-order valence-electron chi connectivity index (χ0n) is 14.8. The lowest BCUT2D eigenvalue weighted by atomic mass is 9.70. The minimum Gasteiger partial charge on any atom is -0.494 e. The molecular formula is C20H22N2O3. The van der Waals surface area contributed by atoms with E-state index in [0.29, 0.717) is 36.5 Å². The number of hydrogen-bond donors (Lipinski definition) is 1. The molecule has 130 valence electrons. The molecule has 0 saturated heterocycles. The van der Waals surface area contributed by atoms with Crippen LogP contribution in [0.5, 0.6) is 5.75 Å². The quantitative estimate of drug-likeness (QED) is 0.911. The Hall–Kier alpha value is -2.74. The molecule has 1 aliphatic carbocycles. The minimum atomic E-state index is -0.542. The number of benzene rings is 1. The molecule has 0 bridgehead atoms. The molecule has 5 nitrogen and oxygen atoms in total. The van der Waals surface area contributed by atoms with Crippen LogP contribution in [0.1, 0.15) is 45.1 Å². The Kier molecular flexibility index (Phi) is 4.30. The van der Waals surface area contributed by atoms with Crippen LogP contribution in [-0.4, -0.2) is 12.4 Å². The lowest BCUT2D eigenvalue weighted by Crippen LogP contribution is -2.33. The lowest BCUT2D eigenvalue weighted by Gasteiger charge is -2.37. The summed E-state index contributed by atoms with van der Waals surface area (Å²) in [6, 6.07) is 9.60. The van der Waals surface area contributed by atoms with Crippen molar-refractivity contribution in [2.24, 2.45) is 11.1 Å². The highest BCUT2D eigenvalue weighted by molar-refractivity contribution is 6.00. The third-order valence-corrected chi connectivity index (χ3v) is 4.61. The fourth-order valence-electron chi connectivity index (χ4n) is 3.60. The fourth-order valence-corrected chi connectivity index (χ4v) is 3.60. The van der Waals surface area contributed by atoms with E-state index in [4.69, 9.17) is 15.2 Å². The summed E-state index contributed by atoms with van der Waals surface area (Å²) < 4.78 is 11.4. The van der Waals surface area contributed by atoms with E-state index in [2.05, 4.69) is 6.07 Å². The summed E-state index contributed by atoms with van der Waals surface area (Å²) in [5.41, 5.74) is 7.41. The molecule has 25 heavy (non-hydrogen) atoms. The van der Waals surface area contributed by atoms with Gasteiger partial charge in [-0.1, -0.05) is 32.0 Å². The standard InChI is InChI=1S/C20H22N2O3/c1-4-24-15-8-6-5-7-12(15)17-13(11-21)19(22)25-16-10-20(2,3)9-14(23)18(16)17/h5-8,17H,4,9-10,22H2,1-3H3/t17-/m0/s1. The van der Waals surface area contributed by atoms with Crippen molar-refractivity contribution < 1.29 is 14.3 Å². The summed E-state index contributed by atoms with van der Waals surface area (Å²) in [6.07, 6.45) is 1.03. The zero-order valence-corrected chi connectivity index (χ0v) is 14.8. The second-order valence-electron chi connectivity index (χ2n) is 7.17. The summed E-state index contributed by atoms with van der Waals surface area (Å²) in [7, 11) is 0. The number of rotatable bonds is 3. The number of hydrogen-bond acceptors (Lipinski definition) is 5. The highest BCUT2D eigenvalue weighted by Gasteiger charge is 2.43. The van der Waals surface area contributed by atoms with E-state index in [9.17, 15) is 10.1 Å². The predicted octanol–water partition coefficient (Wildman–Crippen LogP) is 3.54. The monoisotopic (exact) mass is 338 g/mol. The van der Waals surface area contributed by atoms with Crippen molar-refractivity contribution in [2.45, 2.75) is 39.5 Å². The van der Waals surface area contributed by atoms with Crippen molar-refractivity contribution in [3.8, 4) is 11.8 Å². The number of Topliss-reactive ketones (excluding diaryl/α,β-unsaturated/α-hetero) is 1. The van der Waals surface area contributed by atoms with Gasteiger partial charge in [-0.05, 0) is 18.4 Å². The van der Waals surface area contributed by atoms with Gasteiger partial charge in [-0.25, -0.2) is 0 Å². The molecule has 0 spiro atoms. The molecule has 1 aliphatic heterocycles. The molecule has 1 atom stereocenters. The summed E-state index contributed by atoms with van der Waals surface area (Å²) in [5.74, 6) is 0.766. The third-order valence-electron chi connectivity index (χ3n) is 4.61. The first-order valence-electron chi connectivity index (χ1n) is 8.43. The van der Waals surface area contributed by atoms with E-state index < -0.39 is 5.92 Å². The molecule has 0 amide bonds. The Morgan fingerprint density at radius 2 is 2.08 bits per heavy atom. The Labute approximate surface area is 147 Å². The van der Waals surface area contributed by atoms with Crippen molar-refractivity contribution in [3.63, 3.8) is 0 Å². The minimum absolute atomic E-state index is 0.00259. The molecule has 0 saturated carbocycles. The zero-order chi connectivity index (χ0) is 18.2. The molecule has 1 aromatic carbocycles. The fraction of sp³-hybridized carbons (Fsp3) is 0.400. The van der Waals surface area contributed by atoms with Crippen LogP contribution in [0, 0.1) is 16.7 Å². The number of nitrogens with zero attached hydrogens (tertiary/aromatic N) is 1. The van der Waals surface area contributed by atoms with Gasteiger partial charge in [0.1, 0.15) is 23.2 Å². The van der Waals surface area contributed by atoms with Crippen LogP contribution in [0.2, 0.25) is 0 Å². The van der Waals surface area contributed by atoms with Gasteiger partial charge in [-0.3, -0.25) is 4.79 Å². The molecule has 0 radical (unpaired) electrons. The maximum absolute atomic E-state index is 12.9. The van der Waals surface area contributed by atoms with Crippen molar-refractivity contribution in [1.29, 1.82) is 5.26 Å². The van der Waals surface area contributed by atoms with Crippen LogP contribution in [0.15, 0.2) is 47.1 Å². The van der Waals surface area contributed by atoms with Gasteiger partial charge < -0.3 is 15.2 Å². The molecule has 2 aliphatic rings. The number of carbonyl (C=O) groups is 1. The molecule has 1 heterocycles. The summed E-state index contributed by atoms with van der Waals surface area (Å²) in [6.45, 7) is 6.45.